The number of hydrogen-bond acceptors (Lipinski definition) is 3. The Labute approximate surface area is 150 Å². The maximum Gasteiger partial charge on any atom is 0.220 e. The van der Waals surface area contributed by atoms with Gasteiger partial charge in [-0.05, 0) is 36.1 Å². The number of carbonyl (C=O) groups is 1. The van der Waals surface area contributed by atoms with Gasteiger partial charge in [-0.3, -0.25) is 4.79 Å². The lowest BCUT2D eigenvalue weighted by molar-refractivity contribution is -0.121. The first-order chi connectivity index (χ1) is 12.2. The van der Waals surface area contributed by atoms with Crippen molar-refractivity contribution in [2.75, 3.05) is 14.2 Å². The summed E-state index contributed by atoms with van der Waals surface area (Å²) in [6, 6.07) is 16.0. The summed E-state index contributed by atoms with van der Waals surface area (Å²) in [4.78, 5) is 12.4. The second kappa shape index (κ2) is 9.72. The number of carbonyl (C=O) groups excluding carboxylic acids is 1. The number of ether oxygens (including phenoxy) is 2. The molecule has 4 nitrogen and oxygen atoms in total. The molecule has 0 spiro atoms. The lowest BCUT2D eigenvalue weighted by atomic mass is 10.0. The van der Waals surface area contributed by atoms with Crippen LogP contribution in [0.2, 0.25) is 0 Å². The molecule has 2 rings (SSSR count). The number of benzene rings is 2. The van der Waals surface area contributed by atoms with Gasteiger partial charge in [-0.1, -0.05) is 49.7 Å². The number of aryl methyl sites for hydroxylation is 1. The first-order valence-electron chi connectivity index (χ1n) is 8.73. The molecule has 0 saturated heterocycles. The minimum atomic E-state index is 0.0667. The summed E-state index contributed by atoms with van der Waals surface area (Å²) < 4.78 is 10.6. The normalized spacial score (nSPS) is 11.6. The summed E-state index contributed by atoms with van der Waals surface area (Å²) in [5.41, 5.74) is 2.21. The van der Waals surface area contributed by atoms with Gasteiger partial charge in [-0.15, -0.1) is 0 Å². The number of nitrogens with one attached hydrogen (secondary N) is 1. The van der Waals surface area contributed by atoms with Crippen molar-refractivity contribution in [3.63, 3.8) is 0 Å². The molecule has 2 aromatic rings. The van der Waals surface area contributed by atoms with E-state index in [0.29, 0.717) is 24.3 Å². The highest BCUT2D eigenvalue weighted by Gasteiger charge is 2.14. The average molecular weight is 341 g/mol. The predicted octanol–water partition coefficient (Wildman–Crippen LogP) is 4.29. The van der Waals surface area contributed by atoms with Gasteiger partial charge in [0.2, 0.25) is 5.91 Å². The summed E-state index contributed by atoms with van der Waals surface area (Å²) >= 11 is 0. The fourth-order valence-corrected chi connectivity index (χ4v) is 2.86. The van der Waals surface area contributed by atoms with E-state index < -0.39 is 0 Å². The number of hydrogen-bond donors (Lipinski definition) is 1. The molecule has 25 heavy (non-hydrogen) atoms. The maximum atomic E-state index is 12.4. The fraction of sp³-hybridized carbons (Fsp3) is 0.381. The molecule has 0 aliphatic carbocycles. The Bertz CT molecular complexity index is 670. The van der Waals surface area contributed by atoms with E-state index in [1.807, 2.05) is 36.4 Å². The Morgan fingerprint density at radius 2 is 1.76 bits per heavy atom. The van der Waals surface area contributed by atoms with Gasteiger partial charge in [0.15, 0.2) is 11.5 Å². The maximum absolute atomic E-state index is 12.4. The third-order valence-corrected chi connectivity index (χ3v) is 4.20. The lowest BCUT2D eigenvalue weighted by Crippen LogP contribution is -2.28. The van der Waals surface area contributed by atoms with Crippen molar-refractivity contribution in [3.8, 4) is 11.5 Å². The van der Waals surface area contributed by atoms with Crippen molar-refractivity contribution < 1.29 is 14.3 Å². The van der Waals surface area contributed by atoms with Crippen molar-refractivity contribution in [2.24, 2.45) is 0 Å². The second-order valence-corrected chi connectivity index (χ2v) is 6.01. The molecule has 4 heteroatoms. The molecule has 0 fully saturated rings. The van der Waals surface area contributed by atoms with Gasteiger partial charge < -0.3 is 14.8 Å². The van der Waals surface area contributed by atoms with Crippen LogP contribution in [0.25, 0.3) is 0 Å². The molecular formula is C21H27NO3. The molecular weight excluding hydrogens is 314 g/mol. The smallest absolute Gasteiger partial charge is 0.220 e. The molecule has 2 aromatic carbocycles. The molecule has 134 valence electrons. The molecule has 0 radical (unpaired) electrons. The highest BCUT2D eigenvalue weighted by molar-refractivity contribution is 5.76. The molecule has 0 heterocycles. The van der Waals surface area contributed by atoms with Gasteiger partial charge in [-0.2, -0.15) is 0 Å². The minimum Gasteiger partial charge on any atom is -0.493 e. The molecule has 0 aromatic heterocycles. The van der Waals surface area contributed by atoms with Gasteiger partial charge in [0.05, 0.1) is 20.3 Å². The zero-order valence-electron chi connectivity index (χ0n) is 15.2. The Hall–Kier alpha value is -2.49. The van der Waals surface area contributed by atoms with E-state index in [2.05, 4.69) is 24.4 Å². The van der Waals surface area contributed by atoms with Crippen molar-refractivity contribution in [1.82, 2.24) is 5.32 Å². The van der Waals surface area contributed by atoms with Crippen molar-refractivity contribution in [2.45, 2.75) is 38.6 Å². The van der Waals surface area contributed by atoms with E-state index in [4.69, 9.17) is 9.47 Å². The van der Waals surface area contributed by atoms with Crippen molar-refractivity contribution >= 4 is 5.91 Å². The monoisotopic (exact) mass is 341 g/mol. The first kappa shape index (κ1) is 18.8. The van der Waals surface area contributed by atoms with E-state index >= 15 is 0 Å². The summed E-state index contributed by atoms with van der Waals surface area (Å²) in [5, 5.41) is 3.16. The Balaban J connectivity index is 1.95. The van der Waals surface area contributed by atoms with Crippen LogP contribution in [0, 0.1) is 0 Å². The summed E-state index contributed by atoms with van der Waals surface area (Å²) in [6.07, 6.45) is 3.07. The van der Waals surface area contributed by atoms with Crippen LogP contribution < -0.4 is 14.8 Å². The molecule has 0 bridgehead atoms. The van der Waals surface area contributed by atoms with Crippen LogP contribution in [0.5, 0.6) is 11.5 Å². The van der Waals surface area contributed by atoms with E-state index in [0.717, 1.165) is 24.0 Å². The van der Waals surface area contributed by atoms with E-state index in [1.165, 1.54) is 0 Å². The van der Waals surface area contributed by atoms with Gasteiger partial charge in [0.25, 0.3) is 0 Å². The van der Waals surface area contributed by atoms with Crippen LogP contribution in [0.4, 0.5) is 0 Å². The van der Waals surface area contributed by atoms with Crippen LogP contribution in [0.3, 0.4) is 0 Å². The van der Waals surface area contributed by atoms with Crippen LogP contribution >= 0.6 is 0 Å². The van der Waals surface area contributed by atoms with Crippen molar-refractivity contribution in [3.05, 3.63) is 59.7 Å². The third-order valence-electron chi connectivity index (χ3n) is 4.20. The first-order valence-corrected chi connectivity index (χ1v) is 8.73. The highest BCUT2D eigenvalue weighted by atomic mass is 16.5. The molecule has 1 unspecified atom stereocenters. The third kappa shape index (κ3) is 5.52. The number of amides is 1. The average Bonchev–Trinajstić information content (AvgIpc) is 2.66. The summed E-state index contributed by atoms with van der Waals surface area (Å²) in [7, 11) is 3.23. The molecule has 0 aliphatic heterocycles. The van der Waals surface area contributed by atoms with Crippen LogP contribution in [0.15, 0.2) is 48.5 Å². The topological polar surface area (TPSA) is 47.6 Å². The van der Waals surface area contributed by atoms with Crippen LogP contribution in [-0.2, 0) is 11.2 Å². The Morgan fingerprint density at radius 1 is 1.04 bits per heavy atom. The lowest BCUT2D eigenvalue weighted by Gasteiger charge is -2.18. The zero-order valence-corrected chi connectivity index (χ0v) is 15.2. The van der Waals surface area contributed by atoms with Gasteiger partial charge in [-0.25, -0.2) is 0 Å². The molecule has 1 amide bonds. The number of methoxy groups -OCH3 is 2. The van der Waals surface area contributed by atoms with E-state index in [1.54, 1.807) is 14.2 Å². The fourth-order valence-electron chi connectivity index (χ4n) is 2.86. The predicted molar refractivity (Wildman–Crippen MR) is 100 cm³/mol. The minimum absolute atomic E-state index is 0.0667. The van der Waals surface area contributed by atoms with Crippen LogP contribution in [0.1, 0.15) is 43.4 Å². The largest absolute Gasteiger partial charge is 0.493 e. The second-order valence-electron chi connectivity index (χ2n) is 6.01. The Kier molecular flexibility index (Phi) is 7.33. The molecule has 1 N–H and O–H groups in total. The summed E-state index contributed by atoms with van der Waals surface area (Å²) in [6.45, 7) is 2.13. The quantitative estimate of drug-likeness (QED) is 0.740. The number of rotatable bonds is 9. The Morgan fingerprint density at radius 3 is 2.40 bits per heavy atom. The van der Waals surface area contributed by atoms with Gasteiger partial charge >= 0.3 is 0 Å². The highest BCUT2D eigenvalue weighted by Crippen LogP contribution is 2.28. The van der Waals surface area contributed by atoms with Crippen molar-refractivity contribution in [1.29, 1.82) is 0 Å². The SMILES string of the molecule is CCCC(NC(=O)CCc1ccc(OC)c(OC)c1)c1ccccc1. The van der Waals surface area contributed by atoms with Crippen LogP contribution in [-0.4, -0.2) is 20.1 Å². The van der Waals surface area contributed by atoms with Gasteiger partial charge in [0.1, 0.15) is 0 Å². The molecule has 1 atom stereocenters. The summed E-state index contributed by atoms with van der Waals surface area (Å²) in [5.74, 6) is 1.45. The molecule has 0 aliphatic rings. The standard InChI is InChI=1S/C21H27NO3/c1-4-8-18(17-9-6-5-7-10-17)22-21(23)14-12-16-11-13-19(24-2)20(15-16)25-3/h5-7,9-11,13,15,18H,4,8,12,14H2,1-3H3,(H,22,23). The van der Waals surface area contributed by atoms with Gasteiger partial charge in [0, 0.05) is 6.42 Å². The van der Waals surface area contributed by atoms with E-state index in [-0.39, 0.29) is 11.9 Å². The van der Waals surface area contributed by atoms with E-state index in [9.17, 15) is 4.79 Å². The molecule has 0 saturated carbocycles. The zero-order chi connectivity index (χ0) is 18.1.